The molecule has 0 radical (unpaired) electrons. The number of amides is 1. The Balaban J connectivity index is 1.38. The highest BCUT2D eigenvalue weighted by Gasteiger charge is 2.24. The molecule has 8 nitrogen and oxygen atoms in total. The third-order valence-corrected chi connectivity index (χ3v) is 9.85. The molecule has 1 fully saturated rings. The van der Waals surface area contributed by atoms with Crippen LogP contribution in [0, 0.1) is 6.92 Å². The molecule has 3 aromatic carbocycles. The molecule has 0 aliphatic carbocycles. The standard InChI is InChI=1S/C26H28ClN3O5S2/c1-19-24(27)6-5-7-25(19)29-37(34,35)23-14-12-22(13-15-23)28-26(31)21-10-8-20(9-11-21)18-36(32,33)30-16-3-2-4-17-30/h5-15,29H,2-4,16-18H2,1H3,(H,28,31). The van der Waals surface area contributed by atoms with Gasteiger partial charge in [-0.2, -0.15) is 0 Å². The van der Waals surface area contributed by atoms with E-state index in [1.165, 1.54) is 28.6 Å². The zero-order valence-electron chi connectivity index (χ0n) is 20.3. The summed E-state index contributed by atoms with van der Waals surface area (Å²) in [6, 6.07) is 17.2. The van der Waals surface area contributed by atoms with Crippen LogP contribution in [0.2, 0.25) is 5.02 Å². The Hall–Kier alpha value is -2.92. The van der Waals surface area contributed by atoms with Gasteiger partial charge < -0.3 is 5.32 Å². The predicted octanol–water partition coefficient (Wildman–Crippen LogP) is 5.02. The molecule has 0 aromatic heterocycles. The highest BCUT2D eigenvalue weighted by atomic mass is 35.5. The van der Waals surface area contributed by atoms with Gasteiger partial charge in [-0.1, -0.05) is 36.2 Å². The molecule has 1 heterocycles. The second-order valence-electron chi connectivity index (χ2n) is 8.91. The number of nitrogens with one attached hydrogen (secondary N) is 2. The number of carbonyl (C=O) groups excluding carboxylic acids is 1. The van der Waals surface area contributed by atoms with Gasteiger partial charge in [0.15, 0.2) is 0 Å². The zero-order chi connectivity index (χ0) is 26.6. The van der Waals surface area contributed by atoms with E-state index in [0.29, 0.717) is 46.2 Å². The first kappa shape index (κ1) is 27.1. The molecule has 1 aliphatic heterocycles. The van der Waals surface area contributed by atoms with E-state index in [1.807, 2.05) is 0 Å². The van der Waals surface area contributed by atoms with Gasteiger partial charge in [-0.3, -0.25) is 9.52 Å². The number of benzene rings is 3. The summed E-state index contributed by atoms with van der Waals surface area (Å²) >= 11 is 6.07. The van der Waals surface area contributed by atoms with Crippen molar-refractivity contribution in [1.82, 2.24) is 4.31 Å². The van der Waals surface area contributed by atoms with Crippen LogP contribution in [0.25, 0.3) is 0 Å². The molecule has 37 heavy (non-hydrogen) atoms. The Morgan fingerprint density at radius 2 is 1.54 bits per heavy atom. The molecular weight excluding hydrogens is 534 g/mol. The summed E-state index contributed by atoms with van der Waals surface area (Å²) in [6.45, 7) is 2.83. The monoisotopic (exact) mass is 561 g/mol. The van der Waals surface area contributed by atoms with Gasteiger partial charge in [-0.25, -0.2) is 21.1 Å². The van der Waals surface area contributed by atoms with Crippen LogP contribution in [0.3, 0.4) is 0 Å². The molecule has 0 bridgehead atoms. The van der Waals surface area contributed by atoms with Gasteiger partial charge in [0.2, 0.25) is 10.0 Å². The molecule has 1 amide bonds. The first-order chi connectivity index (χ1) is 17.5. The number of hydrogen-bond donors (Lipinski definition) is 2. The summed E-state index contributed by atoms with van der Waals surface area (Å²) in [4.78, 5) is 12.7. The van der Waals surface area contributed by atoms with E-state index in [0.717, 1.165) is 19.3 Å². The zero-order valence-corrected chi connectivity index (χ0v) is 22.7. The molecule has 0 spiro atoms. The van der Waals surface area contributed by atoms with Crippen LogP contribution >= 0.6 is 11.6 Å². The quantitative estimate of drug-likeness (QED) is 0.401. The van der Waals surface area contributed by atoms with E-state index in [9.17, 15) is 21.6 Å². The van der Waals surface area contributed by atoms with E-state index in [4.69, 9.17) is 11.6 Å². The number of sulfonamides is 2. The largest absolute Gasteiger partial charge is 0.322 e. The maximum atomic E-state index is 12.8. The average Bonchev–Trinajstić information content (AvgIpc) is 2.88. The van der Waals surface area contributed by atoms with Crippen LogP contribution in [0.15, 0.2) is 71.6 Å². The molecule has 3 aromatic rings. The maximum absolute atomic E-state index is 12.8. The highest BCUT2D eigenvalue weighted by Crippen LogP contribution is 2.26. The normalized spacial score (nSPS) is 14.8. The van der Waals surface area contributed by atoms with Gasteiger partial charge in [0.05, 0.1) is 16.3 Å². The Bertz CT molecular complexity index is 1480. The van der Waals surface area contributed by atoms with Gasteiger partial charge >= 0.3 is 0 Å². The second kappa shape index (κ2) is 11.2. The summed E-state index contributed by atoms with van der Waals surface area (Å²) in [6.07, 6.45) is 2.81. The maximum Gasteiger partial charge on any atom is 0.261 e. The smallest absolute Gasteiger partial charge is 0.261 e. The first-order valence-electron chi connectivity index (χ1n) is 11.8. The van der Waals surface area contributed by atoms with Gasteiger partial charge in [0.25, 0.3) is 15.9 Å². The fraction of sp³-hybridized carbons (Fsp3) is 0.269. The second-order valence-corrected chi connectivity index (χ2v) is 13.0. The van der Waals surface area contributed by atoms with Crippen LogP contribution in [-0.2, 0) is 25.8 Å². The summed E-state index contributed by atoms with van der Waals surface area (Å²) in [5.74, 6) is -0.498. The summed E-state index contributed by atoms with van der Waals surface area (Å²) in [5, 5.41) is 3.18. The SMILES string of the molecule is Cc1c(Cl)cccc1NS(=O)(=O)c1ccc(NC(=O)c2ccc(CS(=O)(=O)N3CCCCC3)cc2)cc1. The van der Waals surface area contributed by atoms with Crippen molar-refractivity contribution >= 4 is 48.9 Å². The van der Waals surface area contributed by atoms with Gasteiger partial charge in [-0.05, 0) is 79.4 Å². The van der Waals surface area contributed by atoms with E-state index < -0.39 is 26.0 Å². The predicted molar refractivity (Wildman–Crippen MR) is 146 cm³/mol. The highest BCUT2D eigenvalue weighted by molar-refractivity contribution is 7.92. The number of anilines is 2. The minimum atomic E-state index is -3.85. The minimum Gasteiger partial charge on any atom is -0.322 e. The molecule has 0 saturated carbocycles. The third-order valence-electron chi connectivity index (χ3n) is 6.21. The number of hydrogen-bond acceptors (Lipinski definition) is 5. The molecule has 0 atom stereocenters. The van der Waals surface area contributed by atoms with Crippen molar-refractivity contribution < 1.29 is 21.6 Å². The van der Waals surface area contributed by atoms with E-state index in [-0.39, 0.29) is 10.6 Å². The van der Waals surface area contributed by atoms with Crippen LogP contribution in [0.5, 0.6) is 0 Å². The van der Waals surface area contributed by atoms with Gasteiger partial charge in [-0.15, -0.1) is 0 Å². The van der Waals surface area contributed by atoms with Gasteiger partial charge in [0, 0.05) is 29.4 Å². The Kier molecular flexibility index (Phi) is 8.23. The molecule has 2 N–H and O–H groups in total. The summed E-state index contributed by atoms with van der Waals surface area (Å²) in [5.41, 5.74) is 2.39. The molecule has 11 heteroatoms. The fourth-order valence-electron chi connectivity index (χ4n) is 4.04. The van der Waals surface area contributed by atoms with Crippen LogP contribution < -0.4 is 10.0 Å². The van der Waals surface area contributed by atoms with Crippen LogP contribution in [0.4, 0.5) is 11.4 Å². The van der Waals surface area contributed by atoms with Crippen molar-refractivity contribution in [3.8, 4) is 0 Å². The first-order valence-corrected chi connectivity index (χ1v) is 15.3. The Morgan fingerprint density at radius 3 is 2.19 bits per heavy atom. The molecule has 0 unspecified atom stereocenters. The van der Waals surface area contributed by atoms with E-state index in [2.05, 4.69) is 10.0 Å². The number of rotatable bonds is 8. The molecule has 1 saturated heterocycles. The lowest BCUT2D eigenvalue weighted by Gasteiger charge is -2.25. The van der Waals surface area contributed by atoms with Crippen LogP contribution in [0.1, 0.15) is 40.7 Å². The Labute approximate surface area is 222 Å². The number of carbonyl (C=O) groups is 1. The van der Waals surface area contributed by atoms with Crippen molar-refractivity contribution in [2.75, 3.05) is 23.1 Å². The van der Waals surface area contributed by atoms with Crippen LogP contribution in [-0.4, -0.2) is 40.1 Å². The number of piperidine rings is 1. The lowest BCUT2D eigenvalue weighted by atomic mass is 10.1. The molecular formula is C26H28ClN3O5S2. The number of halogens is 1. The van der Waals surface area contributed by atoms with Crippen molar-refractivity contribution in [3.05, 3.63) is 88.4 Å². The van der Waals surface area contributed by atoms with Crippen molar-refractivity contribution in [3.63, 3.8) is 0 Å². The van der Waals surface area contributed by atoms with Crippen molar-refractivity contribution in [2.45, 2.75) is 36.8 Å². The summed E-state index contributed by atoms with van der Waals surface area (Å²) < 4.78 is 54.9. The Morgan fingerprint density at radius 1 is 0.892 bits per heavy atom. The lowest BCUT2D eigenvalue weighted by Crippen LogP contribution is -2.36. The summed E-state index contributed by atoms with van der Waals surface area (Å²) in [7, 11) is -7.24. The fourth-order valence-corrected chi connectivity index (χ4v) is 6.95. The van der Waals surface area contributed by atoms with Crippen molar-refractivity contribution in [1.29, 1.82) is 0 Å². The van der Waals surface area contributed by atoms with Crippen molar-refractivity contribution in [2.24, 2.45) is 0 Å². The molecule has 196 valence electrons. The minimum absolute atomic E-state index is 0.0316. The van der Waals surface area contributed by atoms with Gasteiger partial charge in [0.1, 0.15) is 0 Å². The van der Waals surface area contributed by atoms with E-state index in [1.54, 1.807) is 49.4 Å². The molecule has 4 rings (SSSR count). The number of nitrogens with zero attached hydrogens (tertiary/aromatic N) is 1. The third kappa shape index (κ3) is 6.70. The molecule has 1 aliphatic rings. The average molecular weight is 562 g/mol. The lowest BCUT2D eigenvalue weighted by molar-refractivity contribution is 0.102. The van der Waals surface area contributed by atoms with E-state index >= 15 is 0 Å². The topological polar surface area (TPSA) is 113 Å².